The summed E-state index contributed by atoms with van der Waals surface area (Å²) < 4.78 is 80.1. The second-order valence-corrected chi connectivity index (χ2v) is 19.1. The van der Waals surface area contributed by atoms with Crippen molar-refractivity contribution in [3.63, 3.8) is 0 Å². The van der Waals surface area contributed by atoms with Crippen LogP contribution in [0.15, 0.2) is 36.7 Å². The second kappa shape index (κ2) is 23.6. The number of rotatable bonds is 12. The Morgan fingerprint density at radius 2 is 1.07 bits per heavy atom. The largest absolute Gasteiger partial charge is 0.350 e. The summed E-state index contributed by atoms with van der Waals surface area (Å²) >= 11 is 0. The van der Waals surface area contributed by atoms with Crippen molar-refractivity contribution >= 4 is 47.1 Å². The maximum Gasteiger partial charge on any atom is 0.328 e. The number of carbonyl (C=O) groups excluding carboxylic acids is 4. The highest BCUT2D eigenvalue weighted by Gasteiger charge is 2.44. The van der Waals surface area contributed by atoms with Gasteiger partial charge in [0.2, 0.25) is 24.4 Å². The molecule has 0 radical (unpaired) electrons. The van der Waals surface area contributed by atoms with Gasteiger partial charge >= 0.3 is 12.1 Å². The van der Waals surface area contributed by atoms with Crippen LogP contribution in [0, 0.1) is 34.3 Å². The Bertz CT molecular complexity index is 2750. The Hall–Kier alpha value is -7.46. The zero-order valence-corrected chi connectivity index (χ0v) is 43.2. The van der Waals surface area contributed by atoms with E-state index < -0.39 is 60.7 Å². The van der Waals surface area contributed by atoms with Crippen LogP contribution in [0.5, 0.6) is 0 Å². The van der Waals surface area contributed by atoms with Crippen LogP contribution in [-0.2, 0) is 53.0 Å². The van der Waals surface area contributed by atoms with Gasteiger partial charge in [0.05, 0.1) is 31.0 Å². The zero-order valence-electron chi connectivity index (χ0n) is 43.2. The highest BCUT2D eigenvalue weighted by molar-refractivity contribution is 6.02. The summed E-state index contributed by atoms with van der Waals surface area (Å²) in [5.41, 5.74) is 1.19. The third-order valence-electron chi connectivity index (χ3n) is 13.4. The molecule has 2 N–H and O–H groups in total. The number of piperazine rings is 2. The minimum absolute atomic E-state index is 0.00220. The maximum absolute atomic E-state index is 15.1. The van der Waals surface area contributed by atoms with Gasteiger partial charge in [-0.3, -0.25) is 39.8 Å². The van der Waals surface area contributed by atoms with Gasteiger partial charge in [0.25, 0.3) is 5.92 Å². The fourth-order valence-electron chi connectivity index (χ4n) is 9.03. The second-order valence-electron chi connectivity index (χ2n) is 19.1. The van der Waals surface area contributed by atoms with E-state index in [1.165, 1.54) is 39.4 Å². The fourth-order valence-corrected chi connectivity index (χ4v) is 9.03. The number of likely N-dealkylation sites (N-methyl/N-ethyl adjacent to an activating group) is 2. The van der Waals surface area contributed by atoms with Crippen molar-refractivity contribution in [3.8, 4) is 12.1 Å². The van der Waals surface area contributed by atoms with E-state index >= 15 is 8.78 Å². The number of methoxy groups -OCH3 is 4. The maximum atomic E-state index is 15.1. The average Bonchev–Trinajstić information content (AvgIpc) is 3.38. The number of anilines is 4. The number of hydrogen-bond acceptors (Lipinski definition) is 16. The van der Waals surface area contributed by atoms with Crippen LogP contribution < -0.4 is 20.4 Å². The molecule has 0 atom stereocenters. The zero-order chi connectivity index (χ0) is 55.2. The van der Waals surface area contributed by atoms with E-state index in [-0.39, 0.29) is 64.6 Å². The summed E-state index contributed by atoms with van der Waals surface area (Å²) in [4.78, 5) is 78.4. The number of fused-ring (bicyclic) bond motifs is 2. The third kappa shape index (κ3) is 12.3. The molecule has 4 aromatic heterocycles. The van der Waals surface area contributed by atoms with Crippen LogP contribution in [-0.4, -0.2) is 158 Å². The molecular formula is C50H58F4N14O8. The predicted octanol–water partition coefficient (Wildman–Crippen LogP) is 5.36. The standard InChI is InChI=1S/C26H32FN7O4.C24H26F3N7O4/c1-26(2)6-7-34(25(36)30-20-11-19(27)17(12-28)13-29-20)23-18(26)10-16(22(31-23)24(37-4)38-5)14-33-9-8-32(3)15-21(33)35;1-32-6-7-33(19(35)13-32)12-14-8-16-21(31-20(14)22(37-2)38-3)34(5-4-24(16,26)27)23(36)30-18-9-17(25)15(10-28)11-29-18/h10-11,13,24H,6-9,14-15H2,1-5H3,(H,29,30,36);8-9,11,22H,4-7,12-13H2,1-3H3,(H,29,30,36). The smallest absolute Gasteiger partial charge is 0.328 e. The SMILES string of the molecule is COC(OC)c1nc2c(cc1CN1CCN(C)CC1=O)C(C)(C)CCN2C(=O)Nc1cc(F)c(C#N)cn1.COC(OC)c1nc2c(cc1CN1CCN(C)CC1=O)C(F)(F)CCN2C(=O)Nc1cc(F)c(C#N)cn1. The first kappa shape index (κ1) is 56.3. The molecule has 6 amide bonds. The van der Waals surface area contributed by atoms with Crippen molar-refractivity contribution < 1.29 is 55.7 Å². The van der Waals surface area contributed by atoms with Gasteiger partial charge in [0, 0.05) is 105 Å². The van der Waals surface area contributed by atoms with Crippen molar-refractivity contribution in [1.82, 2.24) is 39.5 Å². The molecule has 404 valence electrons. The molecule has 0 bridgehead atoms. The highest BCUT2D eigenvalue weighted by Crippen LogP contribution is 2.44. The topological polar surface area (TPSA) is 248 Å². The molecule has 8 heterocycles. The number of nitrogens with one attached hydrogen (secondary N) is 2. The van der Waals surface area contributed by atoms with Crippen molar-refractivity contribution in [1.29, 1.82) is 10.5 Å². The van der Waals surface area contributed by atoms with Crippen molar-refractivity contribution in [2.24, 2.45) is 0 Å². The Balaban J connectivity index is 0.000000221. The summed E-state index contributed by atoms with van der Waals surface area (Å²) in [5.74, 6) is -5.24. The van der Waals surface area contributed by atoms with Crippen LogP contribution in [0.2, 0.25) is 0 Å². The van der Waals surface area contributed by atoms with E-state index in [0.29, 0.717) is 62.8 Å². The van der Waals surface area contributed by atoms with Gasteiger partial charge in [-0.15, -0.1) is 0 Å². The van der Waals surface area contributed by atoms with E-state index in [1.807, 2.05) is 30.0 Å². The van der Waals surface area contributed by atoms with Gasteiger partial charge in [-0.25, -0.2) is 47.1 Å². The van der Waals surface area contributed by atoms with E-state index in [9.17, 15) is 28.0 Å². The van der Waals surface area contributed by atoms with Crippen LogP contribution in [0.1, 0.15) is 84.0 Å². The Morgan fingerprint density at radius 3 is 1.46 bits per heavy atom. The predicted molar refractivity (Wildman–Crippen MR) is 265 cm³/mol. The van der Waals surface area contributed by atoms with Crippen molar-refractivity contribution in [2.45, 2.75) is 63.7 Å². The minimum Gasteiger partial charge on any atom is -0.350 e. The van der Waals surface area contributed by atoms with Gasteiger partial charge in [0.15, 0.2) is 0 Å². The number of nitrogens with zero attached hydrogens (tertiary/aromatic N) is 12. The third-order valence-corrected chi connectivity index (χ3v) is 13.4. The number of aromatic nitrogens is 4. The van der Waals surface area contributed by atoms with Gasteiger partial charge in [0.1, 0.15) is 69.6 Å². The molecule has 4 aliphatic heterocycles. The number of pyridine rings is 4. The molecule has 0 spiro atoms. The van der Waals surface area contributed by atoms with Crippen molar-refractivity contribution in [2.75, 3.05) is 115 Å². The molecule has 0 saturated carbocycles. The number of amides is 6. The van der Waals surface area contributed by atoms with Crippen LogP contribution >= 0.6 is 0 Å². The van der Waals surface area contributed by atoms with Crippen LogP contribution in [0.3, 0.4) is 0 Å². The summed E-state index contributed by atoms with van der Waals surface area (Å²) in [6, 6.07) is 7.00. The molecule has 0 aliphatic carbocycles. The first-order chi connectivity index (χ1) is 36.1. The summed E-state index contributed by atoms with van der Waals surface area (Å²) in [5, 5.41) is 22.8. The quantitative estimate of drug-likeness (QED) is 0.134. The molecule has 2 fully saturated rings. The lowest BCUT2D eigenvalue weighted by Crippen LogP contribution is -2.48. The van der Waals surface area contributed by atoms with Crippen molar-refractivity contribution in [3.05, 3.63) is 93.1 Å². The van der Waals surface area contributed by atoms with Gasteiger partial charge in [-0.05, 0) is 49.2 Å². The van der Waals surface area contributed by atoms with E-state index in [2.05, 4.69) is 39.4 Å². The lowest BCUT2D eigenvalue weighted by atomic mass is 9.78. The molecule has 8 rings (SSSR count). The normalized spacial score (nSPS) is 17.4. The molecule has 26 heteroatoms. The summed E-state index contributed by atoms with van der Waals surface area (Å²) in [7, 11) is 9.43. The molecular weight excluding hydrogens is 1000 g/mol. The molecule has 0 unspecified atom stereocenters. The van der Waals surface area contributed by atoms with E-state index in [0.717, 1.165) is 47.1 Å². The summed E-state index contributed by atoms with van der Waals surface area (Å²) in [6.07, 6.45) is 0.105. The lowest BCUT2D eigenvalue weighted by Gasteiger charge is -2.39. The van der Waals surface area contributed by atoms with E-state index in [4.69, 9.17) is 34.5 Å². The minimum atomic E-state index is -3.31. The number of ether oxygens (including phenoxy) is 4. The van der Waals surface area contributed by atoms with Gasteiger partial charge < -0.3 is 28.7 Å². The Labute approximate surface area is 436 Å². The lowest BCUT2D eigenvalue weighted by molar-refractivity contribution is -0.137. The molecule has 0 aromatic carbocycles. The van der Waals surface area contributed by atoms with Gasteiger partial charge in [-0.2, -0.15) is 10.5 Å². The van der Waals surface area contributed by atoms with E-state index in [1.54, 1.807) is 21.9 Å². The first-order valence-electron chi connectivity index (χ1n) is 23.9. The van der Waals surface area contributed by atoms with Crippen LogP contribution in [0.25, 0.3) is 0 Å². The van der Waals surface area contributed by atoms with Gasteiger partial charge in [-0.1, -0.05) is 13.8 Å². The number of nitriles is 2. The Kier molecular flexibility index (Phi) is 17.5. The number of carbonyl (C=O) groups is 4. The monoisotopic (exact) mass is 1060 g/mol. The molecule has 2 saturated heterocycles. The fraction of sp³-hybridized carbons (Fsp3) is 0.480. The summed E-state index contributed by atoms with van der Waals surface area (Å²) in [6.45, 7) is 7.36. The molecule has 4 aromatic rings. The Morgan fingerprint density at radius 1 is 0.658 bits per heavy atom. The first-order valence-corrected chi connectivity index (χ1v) is 23.9. The number of halogens is 4. The van der Waals surface area contributed by atoms with Crippen LogP contribution in [0.4, 0.5) is 50.4 Å². The number of urea groups is 2. The number of hydrogen-bond donors (Lipinski definition) is 2. The number of alkyl halides is 2. The molecule has 22 nitrogen and oxygen atoms in total. The molecule has 76 heavy (non-hydrogen) atoms. The molecule has 4 aliphatic rings. The average molecular weight is 1060 g/mol. The highest BCUT2D eigenvalue weighted by atomic mass is 19.3.